The minimum atomic E-state index is 0.184. The predicted octanol–water partition coefficient (Wildman–Crippen LogP) is 2.65. The quantitative estimate of drug-likeness (QED) is 0.758. The summed E-state index contributed by atoms with van der Waals surface area (Å²) in [4.78, 5) is 12.1. The summed E-state index contributed by atoms with van der Waals surface area (Å²) in [7, 11) is 0. The first-order valence-corrected chi connectivity index (χ1v) is 6.00. The van der Waals surface area contributed by atoms with Crippen LogP contribution in [0.2, 0.25) is 0 Å². The van der Waals surface area contributed by atoms with E-state index in [2.05, 4.69) is 21.2 Å². The third-order valence-electron chi connectivity index (χ3n) is 2.77. The Bertz CT molecular complexity index is 341. The van der Waals surface area contributed by atoms with E-state index in [1.165, 1.54) is 0 Å². The molecule has 1 fully saturated rings. The molecule has 2 nitrogen and oxygen atoms in total. The van der Waals surface area contributed by atoms with Crippen molar-refractivity contribution in [2.75, 3.05) is 13.1 Å². The molecule has 15 heavy (non-hydrogen) atoms. The van der Waals surface area contributed by atoms with Crippen LogP contribution in [0.4, 0.5) is 0 Å². The monoisotopic (exact) mass is 266 g/mol. The molecular formula is C12H13BrNO. The van der Waals surface area contributed by atoms with Gasteiger partial charge in [0.15, 0.2) is 5.78 Å². The van der Waals surface area contributed by atoms with Crippen molar-refractivity contribution in [3.05, 3.63) is 34.3 Å². The molecule has 1 radical (unpaired) electrons. The third-order valence-corrected chi connectivity index (χ3v) is 3.30. The number of rotatable bonds is 2. The molecular weight excluding hydrogens is 254 g/mol. The van der Waals surface area contributed by atoms with Crippen LogP contribution in [0.5, 0.6) is 0 Å². The van der Waals surface area contributed by atoms with Gasteiger partial charge >= 0.3 is 0 Å². The van der Waals surface area contributed by atoms with E-state index in [9.17, 15) is 4.79 Å². The second-order valence-electron chi connectivity index (χ2n) is 3.82. The molecule has 0 bridgehead atoms. The van der Waals surface area contributed by atoms with Gasteiger partial charge in [-0.1, -0.05) is 28.1 Å². The van der Waals surface area contributed by atoms with E-state index >= 15 is 0 Å². The van der Waals surface area contributed by atoms with Crippen LogP contribution in [0.25, 0.3) is 0 Å². The van der Waals surface area contributed by atoms with E-state index < -0.39 is 0 Å². The molecule has 0 saturated carbocycles. The molecule has 2 rings (SSSR count). The maximum Gasteiger partial charge on any atom is 0.166 e. The smallest absolute Gasteiger partial charge is 0.166 e. The highest BCUT2D eigenvalue weighted by Gasteiger charge is 2.22. The second kappa shape index (κ2) is 4.90. The van der Waals surface area contributed by atoms with Gasteiger partial charge in [-0.15, -0.1) is 0 Å². The minimum absolute atomic E-state index is 0.184. The lowest BCUT2D eigenvalue weighted by Gasteiger charge is -2.20. The molecule has 1 aliphatic heterocycles. The van der Waals surface area contributed by atoms with Crippen molar-refractivity contribution < 1.29 is 4.79 Å². The maximum absolute atomic E-state index is 12.1. The average Bonchev–Trinajstić information content (AvgIpc) is 2.30. The lowest BCUT2D eigenvalue weighted by atomic mass is 9.90. The van der Waals surface area contributed by atoms with Gasteiger partial charge in [0, 0.05) is 29.0 Å². The van der Waals surface area contributed by atoms with Gasteiger partial charge in [0.05, 0.1) is 0 Å². The number of benzene rings is 1. The van der Waals surface area contributed by atoms with Crippen molar-refractivity contribution in [2.24, 2.45) is 5.92 Å². The van der Waals surface area contributed by atoms with Crippen LogP contribution in [-0.2, 0) is 0 Å². The Kier molecular flexibility index (Phi) is 3.54. The van der Waals surface area contributed by atoms with Gasteiger partial charge in [0.1, 0.15) is 0 Å². The van der Waals surface area contributed by atoms with Gasteiger partial charge in [-0.2, -0.15) is 0 Å². The zero-order chi connectivity index (χ0) is 10.7. The number of hydrogen-bond donors (Lipinski definition) is 0. The van der Waals surface area contributed by atoms with Crippen molar-refractivity contribution in [3.63, 3.8) is 0 Å². The van der Waals surface area contributed by atoms with Gasteiger partial charge in [-0.25, -0.2) is 5.32 Å². The first kappa shape index (κ1) is 10.8. The molecule has 0 atom stereocenters. The minimum Gasteiger partial charge on any atom is -0.294 e. The highest BCUT2D eigenvalue weighted by Crippen LogP contribution is 2.20. The Balaban J connectivity index is 2.09. The van der Waals surface area contributed by atoms with E-state index in [0.717, 1.165) is 36.0 Å². The molecule has 1 saturated heterocycles. The van der Waals surface area contributed by atoms with E-state index in [1.807, 2.05) is 24.3 Å². The largest absolute Gasteiger partial charge is 0.294 e. The molecule has 1 aromatic carbocycles. The van der Waals surface area contributed by atoms with Crippen LogP contribution in [0, 0.1) is 5.92 Å². The van der Waals surface area contributed by atoms with E-state index in [1.54, 1.807) is 0 Å². The van der Waals surface area contributed by atoms with Crippen LogP contribution in [0.3, 0.4) is 0 Å². The highest BCUT2D eigenvalue weighted by atomic mass is 79.9. The number of piperidine rings is 1. The Morgan fingerprint density at radius 3 is 2.40 bits per heavy atom. The van der Waals surface area contributed by atoms with Crippen LogP contribution < -0.4 is 5.32 Å². The summed E-state index contributed by atoms with van der Waals surface area (Å²) in [6.45, 7) is 1.68. The first-order chi connectivity index (χ1) is 7.27. The van der Waals surface area contributed by atoms with Crippen molar-refractivity contribution in [1.29, 1.82) is 0 Å². The Labute approximate surface area is 98.2 Å². The molecule has 0 unspecified atom stereocenters. The number of nitrogens with zero attached hydrogens (tertiary/aromatic N) is 1. The summed E-state index contributed by atoms with van der Waals surface area (Å²) in [5, 5.41) is 4.26. The number of Topliss-reactive ketones (excluding diaryl/α,β-unsaturated/α-hetero) is 1. The summed E-state index contributed by atoms with van der Waals surface area (Å²) in [6.07, 6.45) is 1.82. The predicted molar refractivity (Wildman–Crippen MR) is 63.1 cm³/mol. The molecule has 1 aromatic rings. The lowest BCUT2D eigenvalue weighted by molar-refractivity contribution is 0.0894. The van der Waals surface area contributed by atoms with Crippen molar-refractivity contribution in [3.8, 4) is 0 Å². The summed E-state index contributed by atoms with van der Waals surface area (Å²) < 4.78 is 1.01. The zero-order valence-electron chi connectivity index (χ0n) is 8.45. The summed E-state index contributed by atoms with van der Waals surface area (Å²) in [6, 6.07) is 7.61. The lowest BCUT2D eigenvalue weighted by Crippen LogP contribution is -2.27. The molecule has 79 valence electrons. The van der Waals surface area contributed by atoms with E-state index in [0.29, 0.717) is 0 Å². The first-order valence-electron chi connectivity index (χ1n) is 5.20. The summed E-state index contributed by atoms with van der Waals surface area (Å²) in [5.41, 5.74) is 0.824. The van der Waals surface area contributed by atoms with Crippen molar-refractivity contribution in [1.82, 2.24) is 5.32 Å². The van der Waals surface area contributed by atoms with E-state index in [4.69, 9.17) is 0 Å². The third kappa shape index (κ3) is 2.67. The summed E-state index contributed by atoms with van der Waals surface area (Å²) >= 11 is 3.36. The highest BCUT2D eigenvalue weighted by molar-refractivity contribution is 9.10. The number of carbonyl (C=O) groups is 1. The molecule has 1 heterocycles. The van der Waals surface area contributed by atoms with Gasteiger partial charge in [0.2, 0.25) is 0 Å². The topological polar surface area (TPSA) is 31.2 Å². The molecule has 0 aliphatic carbocycles. The number of hydrogen-bond acceptors (Lipinski definition) is 1. The fourth-order valence-corrected chi connectivity index (χ4v) is 2.13. The van der Waals surface area contributed by atoms with Crippen LogP contribution >= 0.6 is 15.9 Å². The van der Waals surface area contributed by atoms with Gasteiger partial charge in [-0.3, -0.25) is 4.79 Å². The normalized spacial score (nSPS) is 17.7. The van der Waals surface area contributed by atoms with Gasteiger partial charge in [-0.05, 0) is 25.0 Å². The number of ketones is 1. The van der Waals surface area contributed by atoms with Gasteiger partial charge < -0.3 is 0 Å². The van der Waals surface area contributed by atoms with Crippen LogP contribution in [0.15, 0.2) is 28.7 Å². The Morgan fingerprint density at radius 2 is 1.80 bits per heavy atom. The number of carbonyl (C=O) groups excluding carboxylic acids is 1. The molecule has 0 amide bonds. The SMILES string of the molecule is O=C(c1ccc(Br)cc1)C1CC[N]CC1. The molecule has 1 aliphatic rings. The second-order valence-corrected chi connectivity index (χ2v) is 4.73. The maximum atomic E-state index is 12.1. The standard InChI is InChI=1S/C12H13BrNO/c13-11-3-1-9(2-4-11)12(15)10-5-7-14-8-6-10/h1-4,10H,5-8H2. The average molecular weight is 267 g/mol. The summed E-state index contributed by atoms with van der Waals surface area (Å²) in [5.74, 6) is 0.459. The fourth-order valence-electron chi connectivity index (χ4n) is 1.86. The van der Waals surface area contributed by atoms with Crippen LogP contribution in [0.1, 0.15) is 23.2 Å². The Hall–Kier alpha value is -0.670. The Morgan fingerprint density at radius 1 is 1.20 bits per heavy atom. The van der Waals surface area contributed by atoms with Crippen LogP contribution in [-0.4, -0.2) is 18.9 Å². The van der Waals surface area contributed by atoms with Gasteiger partial charge in [0.25, 0.3) is 0 Å². The van der Waals surface area contributed by atoms with E-state index in [-0.39, 0.29) is 11.7 Å². The van der Waals surface area contributed by atoms with Crippen molar-refractivity contribution >= 4 is 21.7 Å². The fraction of sp³-hybridized carbons (Fsp3) is 0.417. The molecule has 0 aromatic heterocycles. The zero-order valence-corrected chi connectivity index (χ0v) is 10.0. The molecule has 3 heteroatoms. The van der Waals surface area contributed by atoms with Crippen molar-refractivity contribution in [2.45, 2.75) is 12.8 Å². The molecule has 0 N–H and O–H groups in total. The molecule has 0 spiro atoms. The number of halogens is 1.